The predicted molar refractivity (Wildman–Crippen MR) is 47.7 cm³/mol. The zero-order valence-corrected chi connectivity index (χ0v) is 8.21. The van der Waals surface area contributed by atoms with Gasteiger partial charge >= 0.3 is 0 Å². The quantitative estimate of drug-likeness (QED) is 0.680. The lowest BCUT2D eigenvalue weighted by molar-refractivity contribution is -0.239. The molecule has 0 saturated carbocycles. The van der Waals surface area contributed by atoms with Crippen LogP contribution in [0.25, 0.3) is 0 Å². The fourth-order valence-electron chi connectivity index (χ4n) is 1.46. The van der Waals surface area contributed by atoms with E-state index < -0.39 is 0 Å². The van der Waals surface area contributed by atoms with Crippen LogP contribution in [0.4, 0.5) is 0 Å². The Labute approximate surface area is 74.3 Å². The summed E-state index contributed by atoms with van der Waals surface area (Å²) in [7, 11) is 0. The largest absolute Gasteiger partial charge is 0.395 e. The molecule has 12 heavy (non-hydrogen) atoms. The molecule has 3 heteroatoms. The van der Waals surface area contributed by atoms with Gasteiger partial charge in [-0.25, -0.2) is 0 Å². The van der Waals surface area contributed by atoms with E-state index in [0.29, 0.717) is 0 Å². The second-order valence-electron chi connectivity index (χ2n) is 4.32. The van der Waals surface area contributed by atoms with Crippen molar-refractivity contribution in [2.75, 3.05) is 13.2 Å². The van der Waals surface area contributed by atoms with Gasteiger partial charge in [-0.15, -0.1) is 0 Å². The molecule has 0 unspecified atom stereocenters. The molecule has 1 aliphatic heterocycles. The van der Waals surface area contributed by atoms with E-state index in [1.807, 2.05) is 25.8 Å². The predicted octanol–water partition coefficient (Wildman–Crippen LogP) is 1.17. The number of hydrogen-bond donors (Lipinski definition) is 1. The Morgan fingerprint density at radius 3 is 2.67 bits per heavy atom. The molecule has 0 aromatic carbocycles. The number of aliphatic hydroxyl groups is 1. The third-order valence-electron chi connectivity index (χ3n) is 1.92. The van der Waals surface area contributed by atoms with Crippen LogP contribution in [0.3, 0.4) is 0 Å². The highest BCUT2D eigenvalue weighted by molar-refractivity contribution is 4.74. The van der Waals surface area contributed by atoms with Crippen molar-refractivity contribution in [3.05, 3.63) is 0 Å². The van der Waals surface area contributed by atoms with Crippen LogP contribution in [0.5, 0.6) is 0 Å². The summed E-state index contributed by atoms with van der Waals surface area (Å²) in [6, 6.07) is 0.212. The van der Waals surface area contributed by atoms with E-state index in [1.165, 1.54) is 0 Å². The summed E-state index contributed by atoms with van der Waals surface area (Å²) in [5.41, 5.74) is -0.141. The molecular formula is C9H19NO2. The van der Waals surface area contributed by atoms with Crippen molar-refractivity contribution in [3.63, 3.8) is 0 Å². The van der Waals surface area contributed by atoms with E-state index in [-0.39, 0.29) is 18.2 Å². The molecule has 1 fully saturated rings. The minimum absolute atomic E-state index is 0.141. The lowest BCUT2D eigenvalue weighted by Gasteiger charge is -2.30. The first kappa shape index (κ1) is 9.96. The average molecular weight is 173 g/mol. The van der Waals surface area contributed by atoms with Crippen LogP contribution in [0.1, 0.15) is 33.6 Å². The van der Waals surface area contributed by atoms with Gasteiger partial charge in [-0.1, -0.05) is 0 Å². The van der Waals surface area contributed by atoms with Crippen molar-refractivity contribution >= 4 is 0 Å². The minimum atomic E-state index is -0.141. The maximum absolute atomic E-state index is 9.01. The van der Waals surface area contributed by atoms with Gasteiger partial charge in [-0.05, 0) is 33.6 Å². The molecule has 72 valence electrons. The first-order valence-electron chi connectivity index (χ1n) is 4.59. The van der Waals surface area contributed by atoms with Crippen molar-refractivity contribution in [1.29, 1.82) is 0 Å². The molecule has 0 radical (unpaired) electrons. The van der Waals surface area contributed by atoms with Crippen molar-refractivity contribution in [2.45, 2.75) is 45.3 Å². The zero-order chi connectivity index (χ0) is 9.19. The van der Waals surface area contributed by atoms with Crippen molar-refractivity contribution in [2.24, 2.45) is 0 Å². The number of nitrogens with zero attached hydrogens (tertiary/aromatic N) is 1. The van der Waals surface area contributed by atoms with Gasteiger partial charge < -0.3 is 5.11 Å². The van der Waals surface area contributed by atoms with Crippen LogP contribution >= 0.6 is 0 Å². The standard InChI is InChI=1S/C9H19NO2/c1-9(2,3)12-10-6-4-5-8(10)7-11/h8,11H,4-7H2,1-3H3/t8-/m0/s1. The maximum atomic E-state index is 9.01. The third-order valence-corrected chi connectivity index (χ3v) is 1.92. The van der Waals surface area contributed by atoms with Gasteiger partial charge in [0.05, 0.1) is 18.2 Å². The molecule has 1 rings (SSSR count). The molecule has 0 bridgehead atoms. The van der Waals surface area contributed by atoms with Gasteiger partial charge in [0.1, 0.15) is 0 Å². The Morgan fingerprint density at radius 1 is 1.50 bits per heavy atom. The van der Waals surface area contributed by atoms with E-state index >= 15 is 0 Å². The highest BCUT2D eigenvalue weighted by Crippen LogP contribution is 2.21. The second-order valence-corrected chi connectivity index (χ2v) is 4.32. The topological polar surface area (TPSA) is 32.7 Å². The molecule has 0 aromatic heterocycles. The Morgan fingerprint density at radius 2 is 2.17 bits per heavy atom. The van der Waals surface area contributed by atoms with E-state index in [4.69, 9.17) is 9.94 Å². The summed E-state index contributed by atoms with van der Waals surface area (Å²) in [5.74, 6) is 0. The van der Waals surface area contributed by atoms with E-state index in [2.05, 4.69) is 0 Å². The monoisotopic (exact) mass is 173 g/mol. The Balaban J connectivity index is 2.41. The Kier molecular flexibility index (Phi) is 3.09. The molecule has 3 nitrogen and oxygen atoms in total. The number of aliphatic hydroxyl groups excluding tert-OH is 1. The van der Waals surface area contributed by atoms with E-state index in [9.17, 15) is 0 Å². The first-order chi connectivity index (χ1) is 5.53. The van der Waals surface area contributed by atoms with Crippen LogP contribution in [-0.2, 0) is 4.84 Å². The molecule has 1 heterocycles. The first-order valence-corrected chi connectivity index (χ1v) is 4.59. The normalized spacial score (nSPS) is 26.5. The van der Waals surface area contributed by atoms with Gasteiger partial charge in [-0.2, -0.15) is 5.06 Å². The van der Waals surface area contributed by atoms with Gasteiger partial charge in [0.25, 0.3) is 0 Å². The SMILES string of the molecule is CC(C)(C)ON1CCC[C@H]1CO. The average Bonchev–Trinajstić information content (AvgIpc) is 2.31. The Bertz CT molecular complexity index is 142. The van der Waals surface area contributed by atoms with Gasteiger partial charge in [-0.3, -0.25) is 4.84 Å². The molecule has 0 spiro atoms. The van der Waals surface area contributed by atoms with Crippen molar-refractivity contribution in [3.8, 4) is 0 Å². The van der Waals surface area contributed by atoms with Gasteiger partial charge in [0.2, 0.25) is 0 Å². The highest BCUT2D eigenvalue weighted by atomic mass is 16.7. The van der Waals surface area contributed by atoms with Crippen LogP contribution in [-0.4, -0.2) is 35.0 Å². The second kappa shape index (κ2) is 3.73. The third kappa shape index (κ3) is 2.73. The molecule has 1 atom stereocenters. The fourth-order valence-corrected chi connectivity index (χ4v) is 1.46. The number of rotatable bonds is 2. The fraction of sp³-hybridized carbons (Fsp3) is 1.00. The van der Waals surface area contributed by atoms with Crippen molar-refractivity contribution < 1.29 is 9.94 Å². The summed E-state index contributed by atoms with van der Waals surface area (Å²) < 4.78 is 0. The lowest BCUT2D eigenvalue weighted by Crippen LogP contribution is -2.38. The molecule has 0 aromatic rings. The molecule has 1 saturated heterocycles. The highest BCUT2D eigenvalue weighted by Gasteiger charge is 2.28. The summed E-state index contributed by atoms with van der Waals surface area (Å²) in [5, 5.41) is 10.9. The lowest BCUT2D eigenvalue weighted by atomic mass is 10.2. The summed E-state index contributed by atoms with van der Waals surface area (Å²) >= 11 is 0. The molecule has 1 N–H and O–H groups in total. The Hall–Kier alpha value is -0.120. The summed E-state index contributed by atoms with van der Waals surface area (Å²) in [4.78, 5) is 5.68. The van der Waals surface area contributed by atoms with Crippen LogP contribution in [0.15, 0.2) is 0 Å². The summed E-state index contributed by atoms with van der Waals surface area (Å²) in [6.07, 6.45) is 2.17. The summed E-state index contributed by atoms with van der Waals surface area (Å²) in [6.45, 7) is 7.23. The van der Waals surface area contributed by atoms with Gasteiger partial charge in [0.15, 0.2) is 0 Å². The molecule has 0 aliphatic carbocycles. The molecule has 1 aliphatic rings. The van der Waals surface area contributed by atoms with E-state index in [1.54, 1.807) is 0 Å². The molecule has 0 amide bonds. The van der Waals surface area contributed by atoms with Crippen LogP contribution in [0.2, 0.25) is 0 Å². The number of hydrogen-bond acceptors (Lipinski definition) is 3. The minimum Gasteiger partial charge on any atom is -0.395 e. The van der Waals surface area contributed by atoms with Crippen LogP contribution in [0, 0.1) is 0 Å². The van der Waals surface area contributed by atoms with Gasteiger partial charge in [0, 0.05) is 6.54 Å². The zero-order valence-electron chi connectivity index (χ0n) is 8.21. The number of hydroxylamine groups is 2. The van der Waals surface area contributed by atoms with E-state index in [0.717, 1.165) is 19.4 Å². The van der Waals surface area contributed by atoms with Crippen molar-refractivity contribution in [1.82, 2.24) is 5.06 Å². The smallest absolute Gasteiger partial charge is 0.0816 e. The van der Waals surface area contributed by atoms with Crippen LogP contribution < -0.4 is 0 Å². The maximum Gasteiger partial charge on any atom is 0.0816 e. The molecular weight excluding hydrogens is 154 g/mol.